The van der Waals surface area contributed by atoms with Crippen molar-refractivity contribution in [3.63, 3.8) is 0 Å². The minimum absolute atomic E-state index is 0.0529. The smallest absolute Gasteiger partial charge is 0.305 e. The van der Waals surface area contributed by atoms with Gasteiger partial charge in [0, 0.05) is 12.6 Å². The standard InChI is InChI=1S/C11H18N4O3/c1-8(2)14(5-4-10(16)17)11(18)9(3)15-7-12-6-13-15/h6-9H,4-5H2,1-3H3,(H,16,17). The largest absolute Gasteiger partial charge is 0.481 e. The molecule has 0 radical (unpaired) electrons. The van der Waals surface area contributed by atoms with Crippen molar-refractivity contribution in [3.05, 3.63) is 12.7 Å². The van der Waals surface area contributed by atoms with Gasteiger partial charge in [-0.2, -0.15) is 5.10 Å². The molecule has 7 heteroatoms. The molecule has 0 aliphatic rings. The van der Waals surface area contributed by atoms with Gasteiger partial charge in [0.2, 0.25) is 5.91 Å². The lowest BCUT2D eigenvalue weighted by Crippen LogP contribution is -2.42. The number of carboxylic acids is 1. The van der Waals surface area contributed by atoms with Crippen molar-refractivity contribution in [3.8, 4) is 0 Å². The van der Waals surface area contributed by atoms with Gasteiger partial charge in [0.15, 0.2) is 0 Å². The van der Waals surface area contributed by atoms with E-state index in [0.29, 0.717) is 0 Å². The average Bonchev–Trinajstić information content (AvgIpc) is 2.80. The Morgan fingerprint density at radius 2 is 2.06 bits per heavy atom. The molecule has 0 aliphatic heterocycles. The highest BCUT2D eigenvalue weighted by atomic mass is 16.4. The number of carbonyl (C=O) groups is 2. The van der Waals surface area contributed by atoms with Crippen LogP contribution >= 0.6 is 0 Å². The van der Waals surface area contributed by atoms with Gasteiger partial charge in [0.05, 0.1) is 6.42 Å². The highest BCUT2D eigenvalue weighted by Crippen LogP contribution is 2.11. The number of carbonyl (C=O) groups excluding carboxylic acids is 1. The summed E-state index contributed by atoms with van der Waals surface area (Å²) in [5.41, 5.74) is 0. The molecule has 1 heterocycles. The zero-order chi connectivity index (χ0) is 13.7. The van der Waals surface area contributed by atoms with Crippen LogP contribution in [0.15, 0.2) is 12.7 Å². The highest BCUT2D eigenvalue weighted by molar-refractivity contribution is 5.80. The second-order valence-electron chi connectivity index (χ2n) is 4.32. The summed E-state index contributed by atoms with van der Waals surface area (Å²) in [7, 11) is 0. The van der Waals surface area contributed by atoms with Crippen LogP contribution < -0.4 is 0 Å². The van der Waals surface area contributed by atoms with Gasteiger partial charge < -0.3 is 10.0 Å². The fraction of sp³-hybridized carbons (Fsp3) is 0.636. The number of hydrogen-bond donors (Lipinski definition) is 1. The minimum atomic E-state index is -0.915. The summed E-state index contributed by atoms with van der Waals surface area (Å²) in [5, 5.41) is 12.6. The third-order valence-corrected chi connectivity index (χ3v) is 2.66. The number of aromatic nitrogens is 3. The van der Waals surface area contributed by atoms with E-state index in [2.05, 4.69) is 10.1 Å². The van der Waals surface area contributed by atoms with Crippen molar-refractivity contribution in [1.82, 2.24) is 19.7 Å². The van der Waals surface area contributed by atoms with Crippen LogP contribution in [-0.4, -0.2) is 49.2 Å². The molecule has 0 bridgehead atoms. The van der Waals surface area contributed by atoms with Gasteiger partial charge >= 0.3 is 5.97 Å². The molecule has 1 aromatic rings. The lowest BCUT2D eigenvalue weighted by Gasteiger charge is -2.28. The van der Waals surface area contributed by atoms with Crippen LogP contribution in [0.4, 0.5) is 0 Å². The number of carboxylic acid groups (broad SMARTS) is 1. The molecule has 18 heavy (non-hydrogen) atoms. The Hall–Kier alpha value is -1.92. The summed E-state index contributed by atoms with van der Waals surface area (Å²) < 4.78 is 1.46. The monoisotopic (exact) mass is 254 g/mol. The summed E-state index contributed by atoms with van der Waals surface area (Å²) in [5.74, 6) is -1.07. The predicted octanol–water partition coefficient (Wildman–Crippen LogP) is 0.551. The Morgan fingerprint density at radius 1 is 1.39 bits per heavy atom. The first-order valence-electron chi connectivity index (χ1n) is 5.80. The van der Waals surface area contributed by atoms with E-state index in [4.69, 9.17) is 5.11 Å². The minimum Gasteiger partial charge on any atom is -0.481 e. The van der Waals surface area contributed by atoms with Gasteiger partial charge in [0.1, 0.15) is 18.7 Å². The van der Waals surface area contributed by atoms with Crippen molar-refractivity contribution in [1.29, 1.82) is 0 Å². The van der Waals surface area contributed by atoms with Gasteiger partial charge in [-0.25, -0.2) is 9.67 Å². The SMILES string of the molecule is CC(C)N(CCC(=O)O)C(=O)C(C)n1cncn1. The molecule has 0 fully saturated rings. The first-order valence-corrected chi connectivity index (χ1v) is 5.80. The van der Waals surface area contributed by atoms with E-state index in [1.54, 1.807) is 11.8 Å². The maximum atomic E-state index is 12.2. The van der Waals surface area contributed by atoms with Crippen LogP contribution in [0.3, 0.4) is 0 Å². The van der Waals surface area contributed by atoms with Gasteiger partial charge in [-0.05, 0) is 20.8 Å². The lowest BCUT2D eigenvalue weighted by molar-refractivity contribution is -0.140. The number of amides is 1. The summed E-state index contributed by atoms with van der Waals surface area (Å²) >= 11 is 0. The van der Waals surface area contributed by atoms with Gasteiger partial charge in [0.25, 0.3) is 0 Å². The van der Waals surface area contributed by atoms with Crippen LogP contribution in [-0.2, 0) is 9.59 Å². The van der Waals surface area contributed by atoms with E-state index < -0.39 is 12.0 Å². The third kappa shape index (κ3) is 3.54. The first kappa shape index (κ1) is 14.1. The molecule has 1 rings (SSSR count). The van der Waals surface area contributed by atoms with Gasteiger partial charge in [-0.3, -0.25) is 9.59 Å². The average molecular weight is 254 g/mol. The van der Waals surface area contributed by atoms with Crippen LogP contribution in [0, 0.1) is 0 Å². The molecule has 1 atom stereocenters. The van der Waals surface area contributed by atoms with E-state index in [-0.39, 0.29) is 24.9 Å². The topological polar surface area (TPSA) is 88.3 Å². The van der Waals surface area contributed by atoms with Crippen LogP contribution in [0.5, 0.6) is 0 Å². The fourth-order valence-corrected chi connectivity index (χ4v) is 1.61. The quantitative estimate of drug-likeness (QED) is 0.801. The van der Waals surface area contributed by atoms with E-state index in [1.807, 2.05) is 13.8 Å². The molecule has 0 aliphatic carbocycles. The summed E-state index contributed by atoms with van der Waals surface area (Å²) in [6.45, 7) is 5.62. The van der Waals surface area contributed by atoms with Crippen molar-refractivity contribution >= 4 is 11.9 Å². The zero-order valence-electron chi connectivity index (χ0n) is 10.8. The van der Waals surface area contributed by atoms with E-state index in [9.17, 15) is 9.59 Å². The van der Waals surface area contributed by atoms with Crippen LogP contribution in [0.2, 0.25) is 0 Å². The molecule has 1 unspecified atom stereocenters. The van der Waals surface area contributed by atoms with Gasteiger partial charge in [-0.1, -0.05) is 0 Å². The Labute approximate surface area is 105 Å². The predicted molar refractivity (Wildman–Crippen MR) is 63.8 cm³/mol. The first-order chi connectivity index (χ1) is 8.43. The van der Waals surface area contributed by atoms with Crippen LogP contribution in [0.25, 0.3) is 0 Å². The Kier molecular flexibility index (Phi) is 4.82. The van der Waals surface area contributed by atoms with Crippen molar-refractivity contribution in [2.75, 3.05) is 6.54 Å². The molecular weight excluding hydrogens is 236 g/mol. The van der Waals surface area contributed by atoms with E-state index in [0.717, 1.165) is 0 Å². The Morgan fingerprint density at radius 3 is 2.50 bits per heavy atom. The number of rotatable bonds is 6. The van der Waals surface area contributed by atoms with Gasteiger partial charge in [-0.15, -0.1) is 0 Å². The number of nitrogens with zero attached hydrogens (tertiary/aromatic N) is 4. The number of hydrogen-bond acceptors (Lipinski definition) is 4. The Bertz CT molecular complexity index is 402. The second kappa shape index (κ2) is 6.13. The Balaban J connectivity index is 2.73. The maximum Gasteiger partial charge on any atom is 0.305 e. The van der Waals surface area contributed by atoms with E-state index in [1.165, 1.54) is 17.3 Å². The fourth-order valence-electron chi connectivity index (χ4n) is 1.61. The van der Waals surface area contributed by atoms with Crippen LogP contribution in [0.1, 0.15) is 33.2 Å². The van der Waals surface area contributed by atoms with E-state index >= 15 is 0 Å². The molecule has 0 spiro atoms. The summed E-state index contributed by atoms with van der Waals surface area (Å²) in [4.78, 5) is 28.2. The molecule has 0 aromatic carbocycles. The molecule has 1 N–H and O–H groups in total. The zero-order valence-corrected chi connectivity index (χ0v) is 10.8. The number of aliphatic carboxylic acids is 1. The lowest BCUT2D eigenvalue weighted by atomic mass is 10.2. The molecule has 7 nitrogen and oxygen atoms in total. The highest BCUT2D eigenvalue weighted by Gasteiger charge is 2.24. The van der Waals surface area contributed by atoms with Crippen molar-refractivity contribution in [2.24, 2.45) is 0 Å². The molecular formula is C11H18N4O3. The van der Waals surface area contributed by atoms with Crippen molar-refractivity contribution < 1.29 is 14.7 Å². The molecule has 0 saturated heterocycles. The van der Waals surface area contributed by atoms with Crippen molar-refractivity contribution in [2.45, 2.75) is 39.3 Å². The molecule has 100 valence electrons. The summed E-state index contributed by atoms with van der Waals surface area (Å²) in [6, 6.07) is -0.536. The normalized spacial score (nSPS) is 12.4. The summed E-state index contributed by atoms with van der Waals surface area (Å²) in [6.07, 6.45) is 2.77. The molecule has 1 aromatic heterocycles. The maximum absolute atomic E-state index is 12.2. The third-order valence-electron chi connectivity index (χ3n) is 2.66. The molecule has 0 saturated carbocycles. The molecule has 1 amide bonds. The second-order valence-corrected chi connectivity index (χ2v) is 4.32.